The number of nitrogens with zero attached hydrogens (tertiary/aromatic N) is 2. The van der Waals surface area contributed by atoms with Gasteiger partial charge >= 0.3 is 5.97 Å². The molecule has 1 atom stereocenters. The molecule has 1 aromatic carbocycles. The van der Waals surface area contributed by atoms with Gasteiger partial charge in [-0.25, -0.2) is 4.98 Å². The highest BCUT2D eigenvalue weighted by Gasteiger charge is 2.28. The summed E-state index contributed by atoms with van der Waals surface area (Å²) in [6.07, 6.45) is 0. The molecule has 1 unspecified atom stereocenters. The molecule has 19 heavy (non-hydrogen) atoms. The van der Waals surface area contributed by atoms with Gasteiger partial charge < -0.3 is 15.4 Å². The molecular formula is C13H16N4O2. The summed E-state index contributed by atoms with van der Waals surface area (Å²) in [5.74, 6) is 0.0256. The van der Waals surface area contributed by atoms with Crippen molar-refractivity contribution in [3.63, 3.8) is 0 Å². The molecule has 3 rings (SSSR count). The number of fused-ring (bicyclic) bond motifs is 1. The highest BCUT2D eigenvalue weighted by molar-refractivity contribution is 5.75. The lowest BCUT2D eigenvalue weighted by Crippen LogP contribution is -2.54. The van der Waals surface area contributed by atoms with Gasteiger partial charge in [0.2, 0.25) is 0 Å². The predicted molar refractivity (Wildman–Crippen MR) is 70.8 cm³/mol. The van der Waals surface area contributed by atoms with Gasteiger partial charge in [-0.15, -0.1) is 0 Å². The van der Waals surface area contributed by atoms with Crippen LogP contribution in [0.1, 0.15) is 5.82 Å². The minimum Gasteiger partial charge on any atom is -0.480 e. The van der Waals surface area contributed by atoms with Crippen molar-refractivity contribution in [2.45, 2.75) is 12.6 Å². The molecule has 6 nitrogen and oxygen atoms in total. The van der Waals surface area contributed by atoms with Crippen LogP contribution in [0.5, 0.6) is 0 Å². The van der Waals surface area contributed by atoms with E-state index in [4.69, 9.17) is 0 Å². The lowest BCUT2D eigenvalue weighted by atomic mass is 10.2. The predicted octanol–water partition coefficient (Wildman–Crippen LogP) is 0.421. The number of hydrogen-bond acceptors (Lipinski definition) is 4. The van der Waals surface area contributed by atoms with E-state index in [-0.39, 0.29) is 0 Å². The van der Waals surface area contributed by atoms with Crippen molar-refractivity contribution in [1.29, 1.82) is 0 Å². The maximum Gasteiger partial charge on any atom is 0.322 e. The first-order valence-corrected chi connectivity index (χ1v) is 6.35. The summed E-state index contributed by atoms with van der Waals surface area (Å²) >= 11 is 0. The maximum absolute atomic E-state index is 11.2. The van der Waals surface area contributed by atoms with Crippen LogP contribution in [0.3, 0.4) is 0 Å². The second-order valence-corrected chi connectivity index (χ2v) is 4.73. The molecule has 3 N–H and O–H groups in total. The number of para-hydroxylation sites is 2. The number of aromatic nitrogens is 2. The summed E-state index contributed by atoms with van der Waals surface area (Å²) in [5.41, 5.74) is 1.90. The lowest BCUT2D eigenvalue weighted by molar-refractivity contribution is -0.144. The Morgan fingerprint density at radius 2 is 2.32 bits per heavy atom. The minimum absolute atomic E-state index is 0.482. The molecule has 2 aromatic rings. The van der Waals surface area contributed by atoms with E-state index < -0.39 is 12.0 Å². The van der Waals surface area contributed by atoms with Crippen LogP contribution >= 0.6 is 0 Å². The molecule has 0 saturated carbocycles. The third-order valence-electron chi connectivity index (χ3n) is 3.43. The van der Waals surface area contributed by atoms with E-state index >= 15 is 0 Å². The quantitative estimate of drug-likeness (QED) is 0.745. The summed E-state index contributed by atoms with van der Waals surface area (Å²) in [4.78, 5) is 20.9. The molecule has 0 spiro atoms. The normalized spacial score (nSPS) is 20.7. The van der Waals surface area contributed by atoms with Crippen LogP contribution in [0, 0.1) is 0 Å². The smallest absolute Gasteiger partial charge is 0.322 e. The molecule has 2 heterocycles. The Morgan fingerprint density at radius 1 is 1.47 bits per heavy atom. The lowest BCUT2D eigenvalue weighted by Gasteiger charge is -2.32. The van der Waals surface area contributed by atoms with E-state index in [1.807, 2.05) is 29.2 Å². The van der Waals surface area contributed by atoms with E-state index in [9.17, 15) is 9.90 Å². The average molecular weight is 260 g/mol. The van der Waals surface area contributed by atoms with Gasteiger partial charge in [0.15, 0.2) is 0 Å². The maximum atomic E-state index is 11.2. The third kappa shape index (κ3) is 2.45. The summed E-state index contributed by atoms with van der Waals surface area (Å²) in [6.45, 7) is 2.54. The molecule has 1 fully saturated rings. The van der Waals surface area contributed by atoms with Crippen molar-refractivity contribution in [2.24, 2.45) is 0 Å². The average Bonchev–Trinajstić information content (AvgIpc) is 2.81. The number of carbonyl (C=O) groups is 1. The third-order valence-corrected chi connectivity index (χ3v) is 3.43. The Hall–Kier alpha value is -1.92. The molecule has 1 aromatic heterocycles. The number of nitrogens with one attached hydrogen (secondary N) is 2. The van der Waals surface area contributed by atoms with Crippen molar-refractivity contribution in [3.05, 3.63) is 30.1 Å². The van der Waals surface area contributed by atoms with E-state index in [0.29, 0.717) is 19.6 Å². The monoisotopic (exact) mass is 260 g/mol. The number of aliphatic carboxylic acids is 1. The van der Waals surface area contributed by atoms with Gasteiger partial charge in [0.1, 0.15) is 11.9 Å². The highest BCUT2D eigenvalue weighted by Crippen LogP contribution is 2.13. The number of rotatable bonds is 3. The molecule has 1 aliphatic rings. The zero-order chi connectivity index (χ0) is 13.2. The number of benzene rings is 1. The largest absolute Gasteiger partial charge is 0.480 e. The summed E-state index contributed by atoms with van der Waals surface area (Å²) in [7, 11) is 0. The zero-order valence-electron chi connectivity index (χ0n) is 10.5. The molecule has 1 aliphatic heterocycles. The fraction of sp³-hybridized carbons (Fsp3) is 0.385. The van der Waals surface area contributed by atoms with Crippen molar-refractivity contribution in [2.75, 3.05) is 19.6 Å². The minimum atomic E-state index is -0.789. The Bertz CT molecular complexity index is 562. The van der Waals surface area contributed by atoms with Crippen LogP contribution in [0.15, 0.2) is 24.3 Å². The van der Waals surface area contributed by atoms with E-state index in [0.717, 1.165) is 23.4 Å². The zero-order valence-corrected chi connectivity index (χ0v) is 10.5. The van der Waals surface area contributed by atoms with Crippen molar-refractivity contribution in [1.82, 2.24) is 20.2 Å². The van der Waals surface area contributed by atoms with Crippen molar-refractivity contribution < 1.29 is 9.90 Å². The van der Waals surface area contributed by atoms with Crippen LogP contribution in [-0.2, 0) is 11.3 Å². The van der Waals surface area contributed by atoms with Crippen LogP contribution in [-0.4, -0.2) is 51.6 Å². The number of piperazine rings is 1. The number of carboxylic acids is 1. The molecule has 1 saturated heterocycles. The Balaban J connectivity index is 1.80. The van der Waals surface area contributed by atoms with Gasteiger partial charge in [0.25, 0.3) is 0 Å². The number of H-pyrrole nitrogens is 1. The first-order chi connectivity index (χ1) is 9.24. The second-order valence-electron chi connectivity index (χ2n) is 4.73. The van der Waals surface area contributed by atoms with Gasteiger partial charge in [0, 0.05) is 19.6 Å². The fourth-order valence-corrected chi connectivity index (χ4v) is 2.45. The number of carboxylic acid groups (broad SMARTS) is 1. The Morgan fingerprint density at radius 3 is 3.11 bits per heavy atom. The van der Waals surface area contributed by atoms with E-state index in [1.165, 1.54) is 0 Å². The molecular weight excluding hydrogens is 244 g/mol. The van der Waals surface area contributed by atoms with Crippen LogP contribution < -0.4 is 5.32 Å². The molecule has 0 aliphatic carbocycles. The molecule has 0 radical (unpaired) electrons. The summed E-state index contributed by atoms with van der Waals surface area (Å²) in [5, 5.41) is 12.3. The van der Waals surface area contributed by atoms with Gasteiger partial charge in [-0.1, -0.05) is 12.1 Å². The van der Waals surface area contributed by atoms with Gasteiger partial charge in [-0.3, -0.25) is 9.69 Å². The van der Waals surface area contributed by atoms with Gasteiger partial charge in [-0.2, -0.15) is 0 Å². The summed E-state index contributed by atoms with van der Waals surface area (Å²) in [6, 6.07) is 7.33. The first kappa shape index (κ1) is 12.1. The molecule has 0 amide bonds. The first-order valence-electron chi connectivity index (χ1n) is 6.35. The highest BCUT2D eigenvalue weighted by atomic mass is 16.4. The van der Waals surface area contributed by atoms with Gasteiger partial charge in [0.05, 0.1) is 17.6 Å². The van der Waals surface area contributed by atoms with Crippen LogP contribution in [0.4, 0.5) is 0 Å². The second kappa shape index (κ2) is 4.99. The molecule has 100 valence electrons. The number of aromatic amines is 1. The Labute approximate surface area is 110 Å². The number of imidazole rings is 1. The SMILES string of the molecule is O=C(O)C1CNCCN1Cc1nc2ccccc2[nH]1. The van der Waals surface area contributed by atoms with Crippen molar-refractivity contribution in [3.8, 4) is 0 Å². The molecule has 6 heteroatoms. The van der Waals surface area contributed by atoms with E-state index in [1.54, 1.807) is 0 Å². The number of hydrogen-bond donors (Lipinski definition) is 3. The molecule has 0 bridgehead atoms. The topological polar surface area (TPSA) is 81.2 Å². The van der Waals surface area contributed by atoms with Crippen LogP contribution in [0.25, 0.3) is 11.0 Å². The fourth-order valence-electron chi connectivity index (χ4n) is 2.45. The van der Waals surface area contributed by atoms with E-state index in [2.05, 4.69) is 15.3 Å². The Kier molecular flexibility index (Phi) is 3.18. The standard InChI is InChI=1S/C13H16N4O2/c18-13(19)11-7-14-5-6-17(11)8-12-15-9-3-1-2-4-10(9)16-12/h1-4,11,14H,5-8H2,(H,15,16)(H,18,19). The summed E-state index contributed by atoms with van der Waals surface area (Å²) < 4.78 is 0. The van der Waals surface area contributed by atoms with Crippen molar-refractivity contribution >= 4 is 17.0 Å². The van der Waals surface area contributed by atoms with Crippen LogP contribution in [0.2, 0.25) is 0 Å². The van der Waals surface area contributed by atoms with Gasteiger partial charge in [-0.05, 0) is 12.1 Å².